The van der Waals surface area contributed by atoms with E-state index in [9.17, 15) is 4.79 Å². The molecule has 0 bridgehead atoms. The quantitative estimate of drug-likeness (QED) is 0.774. The van der Waals surface area contributed by atoms with Crippen LogP contribution in [0.2, 0.25) is 0 Å². The van der Waals surface area contributed by atoms with Crippen molar-refractivity contribution < 1.29 is 14.3 Å². The van der Waals surface area contributed by atoms with Gasteiger partial charge in [-0.05, 0) is 30.8 Å². The Morgan fingerprint density at radius 1 is 1.18 bits per heavy atom. The summed E-state index contributed by atoms with van der Waals surface area (Å²) in [5.41, 5.74) is 0.956. The lowest BCUT2D eigenvalue weighted by molar-refractivity contribution is -0.114. The number of ketones is 1. The van der Waals surface area contributed by atoms with Crippen LogP contribution in [-0.2, 0) is 4.79 Å². The summed E-state index contributed by atoms with van der Waals surface area (Å²) in [7, 11) is 2.14. The molecule has 118 valence electrons. The highest BCUT2D eigenvalue weighted by molar-refractivity contribution is 5.93. The third-order valence-corrected chi connectivity index (χ3v) is 4.13. The lowest BCUT2D eigenvalue weighted by atomic mass is 10.1. The number of piperazine rings is 1. The highest BCUT2D eigenvalue weighted by Gasteiger charge is 2.14. The van der Waals surface area contributed by atoms with E-state index >= 15 is 0 Å². The molecular formula is C17H22N2O3. The Labute approximate surface area is 131 Å². The first-order valence-electron chi connectivity index (χ1n) is 7.72. The minimum atomic E-state index is 0.164. The van der Waals surface area contributed by atoms with E-state index in [1.54, 1.807) is 6.08 Å². The van der Waals surface area contributed by atoms with E-state index in [4.69, 9.17) is 9.47 Å². The average molecular weight is 302 g/mol. The number of hydrogen-bond donors (Lipinski definition) is 0. The first-order chi connectivity index (χ1) is 10.7. The zero-order chi connectivity index (χ0) is 15.4. The molecule has 0 N–H and O–H groups in total. The maximum Gasteiger partial charge on any atom is 0.231 e. The lowest BCUT2D eigenvalue weighted by Crippen LogP contribution is -2.44. The molecule has 2 heterocycles. The van der Waals surface area contributed by atoms with E-state index in [1.165, 1.54) is 0 Å². The summed E-state index contributed by atoms with van der Waals surface area (Å²) in [5.74, 6) is 1.67. The van der Waals surface area contributed by atoms with E-state index in [-0.39, 0.29) is 12.6 Å². The molecule has 0 aromatic heterocycles. The standard InChI is InChI=1S/C17H22N2O3/c1-18-8-10-19(11-9-18)7-6-15(20)4-2-14-3-5-16-17(12-14)22-13-21-16/h2-5,12H,6-11,13H2,1H3. The number of carbonyl (C=O) groups excluding carboxylic acids is 1. The van der Waals surface area contributed by atoms with Gasteiger partial charge in [0.15, 0.2) is 17.3 Å². The van der Waals surface area contributed by atoms with E-state index in [0.29, 0.717) is 6.42 Å². The fraction of sp³-hybridized carbons (Fsp3) is 0.471. The van der Waals surface area contributed by atoms with Crippen LogP contribution in [0.1, 0.15) is 12.0 Å². The molecule has 0 atom stereocenters. The van der Waals surface area contributed by atoms with Crippen LogP contribution in [-0.4, -0.2) is 62.1 Å². The van der Waals surface area contributed by atoms with E-state index in [2.05, 4.69) is 16.8 Å². The Bertz CT molecular complexity index is 563. The molecule has 0 amide bonds. The third-order valence-electron chi connectivity index (χ3n) is 4.13. The molecule has 0 radical (unpaired) electrons. The number of nitrogens with zero attached hydrogens (tertiary/aromatic N) is 2. The van der Waals surface area contributed by atoms with Gasteiger partial charge in [-0.15, -0.1) is 0 Å². The first kappa shape index (κ1) is 15.1. The highest BCUT2D eigenvalue weighted by atomic mass is 16.7. The van der Waals surface area contributed by atoms with Crippen LogP contribution in [0.5, 0.6) is 11.5 Å². The molecule has 1 aromatic rings. The van der Waals surface area contributed by atoms with Gasteiger partial charge in [0.05, 0.1) is 0 Å². The number of likely N-dealkylation sites (N-methyl/N-ethyl adjacent to an activating group) is 1. The van der Waals surface area contributed by atoms with Crippen molar-refractivity contribution in [2.75, 3.05) is 46.6 Å². The summed E-state index contributed by atoms with van der Waals surface area (Å²) < 4.78 is 10.6. The number of hydrogen-bond acceptors (Lipinski definition) is 5. The Morgan fingerprint density at radius 2 is 1.95 bits per heavy atom. The number of ether oxygens (including phenoxy) is 2. The SMILES string of the molecule is CN1CCN(CCC(=O)C=Cc2ccc3c(c2)OCO3)CC1. The molecule has 5 nitrogen and oxygen atoms in total. The average Bonchev–Trinajstić information content (AvgIpc) is 3.00. The van der Waals surface area contributed by atoms with Crippen molar-refractivity contribution >= 4 is 11.9 Å². The largest absolute Gasteiger partial charge is 0.454 e. The minimum Gasteiger partial charge on any atom is -0.454 e. The summed E-state index contributed by atoms with van der Waals surface area (Å²) in [6.45, 7) is 5.39. The molecule has 0 spiro atoms. The molecule has 22 heavy (non-hydrogen) atoms. The van der Waals surface area contributed by atoms with Gasteiger partial charge in [0.25, 0.3) is 0 Å². The van der Waals surface area contributed by atoms with E-state index in [1.807, 2.05) is 24.3 Å². The van der Waals surface area contributed by atoms with Crippen molar-refractivity contribution in [1.82, 2.24) is 9.80 Å². The maximum atomic E-state index is 12.0. The van der Waals surface area contributed by atoms with Crippen molar-refractivity contribution in [2.24, 2.45) is 0 Å². The van der Waals surface area contributed by atoms with Crippen molar-refractivity contribution in [1.29, 1.82) is 0 Å². The molecule has 0 aliphatic carbocycles. The molecule has 0 unspecified atom stereocenters. The molecule has 1 aromatic carbocycles. The van der Waals surface area contributed by atoms with Gasteiger partial charge in [-0.1, -0.05) is 12.1 Å². The van der Waals surface area contributed by atoms with Gasteiger partial charge in [-0.3, -0.25) is 4.79 Å². The smallest absolute Gasteiger partial charge is 0.231 e. The second-order valence-corrected chi connectivity index (χ2v) is 5.81. The Kier molecular flexibility index (Phi) is 4.75. The normalized spacial score (nSPS) is 19.0. The minimum absolute atomic E-state index is 0.164. The second kappa shape index (κ2) is 6.94. The van der Waals surface area contributed by atoms with Crippen molar-refractivity contribution in [3.8, 4) is 11.5 Å². The number of fused-ring (bicyclic) bond motifs is 1. The van der Waals surface area contributed by atoms with Gasteiger partial charge in [-0.2, -0.15) is 0 Å². The molecule has 2 aliphatic rings. The summed E-state index contributed by atoms with van der Waals surface area (Å²) >= 11 is 0. The monoisotopic (exact) mass is 302 g/mol. The fourth-order valence-corrected chi connectivity index (χ4v) is 2.63. The molecule has 3 rings (SSSR count). The first-order valence-corrected chi connectivity index (χ1v) is 7.72. The maximum absolute atomic E-state index is 12.0. The molecule has 2 aliphatic heterocycles. The van der Waals surface area contributed by atoms with Crippen molar-refractivity contribution in [2.45, 2.75) is 6.42 Å². The highest BCUT2D eigenvalue weighted by Crippen LogP contribution is 2.32. The van der Waals surface area contributed by atoms with Crippen LogP contribution in [0.4, 0.5) is 0 Å². The van der Waals surface area contributed by atoms with Gasteiger partial charge < -0.3 is 19.3 Å². The summed E-state index contributed by atoms with van der Waals surface area (Å²) in [6, 6.07) is 5.70. The van der Waals surface area contributed by atoms with Crippen molar-refractivity contribution in [3.63, 3.8) is 0 Å². The molecular weight excluding hydrogens is 280 g/mol. The summed E-state index contributed by atoms with van der Waals surface area (Å²) in [6.07, 6.45) is 4.08. The number of rotatable bonds is 5. The topological polar surface area (TPSA) is 42.0 Å². The van der Waals surface area contributed by atoms with E-state index in [0.717, 1.165) is 49.8 Å². The second-order valence-electron chi connectivity index (χ2n) is 5.81. The Morgan fingerprint density at radius 3 is 2.77 bits per heavy atom. The molecule has 0 saturated carbocycles. The zero-order valence-electron chi connectivity index (χ0n) is 13.0. The van der Waals surface area contributed by atoms with Crippen LogP contribution < -0.4 is 9.47 Å². The van der Waals surface area contributed by atoms with Gasteiger partial charge in [-0.25, -0.2) is 0 Å². The van der Waals surface area contributed by atoms with Gasteiger partial charge in [0.2, 0.25) is 6.79 Å². The third kappa shape index (κ3) is 3.87. The number of benzene rings is 1. The van der Waals surface area contributed by atoms with Crippen LogP contribution >= 0.6 is 0 Å². The van der Waals surface area contributed by atoms with Gasteiger partial charge in [0, 0.05) is 39.1 Å². The van der Waals surface area contributed by atoms with Crippen LogP contribution in [0.15, 0.2) is 24.3 Å². The fourth-order valence-electron chi connectivity index (χ4n) is 2.63. The summed E-state index contributed by atoms with van der Waals surface area (Å²) in [5, 5.41) is 0. The molecule has 1 saturated heterocycles. The van der Waals surface area contributed by atoms with Gasteiger partial charge in [0.1, 0.15) is 0 Å². The Hall–Kier alpha value is -1.85. The molecule has 5 heteroatoms. The van der Waals surface area contributed by atoms with Gasteiger partial charge >= 0.3 is 0 Å². The molecule has 1 fully saturated rings. The van der Waals surface area contributed by atoms with Crippen LogP contribution in [0.3, 0.4) is 0 Å². The summed E-state index contributed by atoms with van der Waals surface area (Å²) in [4.78, 5) is 16.6. The zero-order valence-corrected chi connectivity index (χ0v) is 13.0. The van der Waals surface area contributed by atoms with E-state index < -0.39 is 0 Å². The predicted molar refractivity (Wildman–Crippen MR) is 85.2 cm³/mol. The lowest BCUT2D eigenvalue weighted by Gasteiger charge is -2.32. The Balaban J connectivity index is 1.47. The number of carbonyl (C=O) groups is 1. The number of allylic oxidation sites excluding steroid dienone is 1. The predicted octanol–water partition coefficient (Wildman–Crippen LogP) is 1.64. The van der Waals surface area contributed by atoms with Crippen LogP contribution in [0.25, 0.3) is 6.08 Å². The van der Waals surface area contributed by atoms with Crippen molar-refractivity contribution in [3.05, 3.63) is 29.8 Å². The van der Waals surface area contributed by atoms with Crippen LogP contribution in [0, 0.1) is 0 Å².